The number of hydrogen-bond donors (Lipinski definition) is 1. The Kier molecular flexibility index (Phi) is 6.63. The minimum Gasteiger partial charge on any atom is -0.486 e. The van der Waals surface area contributed by atoms with E-state index in [1.165, 1.54) is 4.88 Å². The van der Waals surface area contributed by atoms with Crippen LogP contribution in [0.15, 0.2) is 28.1 Å². The highest BCUT2D eigenvalue weighted by Gasteiger charge is 2.07. The second kappa shape index (κ2) is 8.48. The van der Waals surface area contributed by atoms with E-state index >= 15 is 0 Å². The summed E-state index contributed by atoms with van der Waals surface area (Å²) in [6.07, 6.45) is 0. The van der Waals surface area contributed by atoms with Crippen LogP contribution in [0.5, 0.6) is 5.75 Å². The number of rotatable bonds is 8. The molecule has 0 aliphatic rings. The van der Waals surface area contributed by atoms with Gasteiger partial charge in [0.2, 0.25) is 0 Å². The lowest BCUT2D eigenvalue weighted by molar-refractivity contribution is 0.198. The quantitative estimate of drug-likeness (QED) is 0.721. The first kappa shape index (κ1) is 16.4. The van der Waals surface area contributed by atoms with Gasteiger partial charge in [0.15, 0.2) is 0 Å². The molecule has 0 aliphatic carbocycles. The van der Waals surface area contributed by atoms with Gasteiger partial charge in [-0.05, 0) is 47.1 Å². The Labute approximate surface area is 137 Å². The van der Waals surface area contributed by atoms with Gasteiger partial charge in [0.1, 0.15) is 12.4 Å². The van der Waals surface area contributed by atoms with Crippen LogP contribution >= 0.6 is 27.3 Å². The van der Waals surface area contributed by atoms with Gasteiger partial charge in [-0.1, -0.05) is 0 Å². The van der Waals surface area contributed by atoms with Crippen molar-refractivity contribution in [3.63, 3.8) is 0 Å². The first-order valence-corrected chi connectivity index (χ1v) is 8.33. The molecule has 2 aromatic rings. The molecule has 2 rings (SSSR count). The van der Waals surface area contributed by atoms with E-state index in [1.807, 2.05) is 25.1 Å². The van der Waals surface area contributed by atoms with Crippen LogP contribution < -0.4 is 10.1 Å². The summed E-state index contributed by atoms with van der Waals surface area (Å²) in [5, 5.41) is 3.30. The number of aromatic nitrogens is 1. The van der Waals surface area contributed by atoms with Crippen molar-refractivity contribution in [3.8, 4) is 5.75 Å². The molecule has 114 valence electrons. The summed E-state index contributed by atoms with van der Waals surface area (Å²) in [5.74, 6) is 0.829. The van der Waals surface area contributed by atoms with Crippen LogP contribution in [0.4, 0.5) is 0 Å². The van der Waals surface area contributed by atoms with Crippen molar-refractivity contribution in [2.45, 2.75) is 20.1 Å². The van der Waals surface area contributed by atoms with Crippen molar-refractivity contribution < 1.29 is 9.47 Å². The molecule has 0 aliphatic heterocycles. The van der Waals surface area contributed by atoms with Crippen molar-refractivity contribution in [3.05, 3.63) is 44.3 Å². The largest absolute Gasteiger partial charge is 0.486 e. The molecule has 6 heteroatoms. The maximum absolute atomic E-state index is 5.90. The second-order valence-electron chi connectivity index (χ2n) is 4.56. The molecule has 0 radical (unpaired) electrons. The molecule has 2 heterocycles. The van der Waals surface area contributed by atoms with Crippen LogP contribution in [0.2, 0.25) is 0 Å². The zero-order chi connectivity index (χ0) is 15.1. The van der Waals surface area contributed by atoms with Gasteiger partial charge in [-0.2, -0.15) is 0 Å². The highest BCUT2D eigenvalue weighted by atomic mass is 79.9. The average Bonchev–Trinajstić information content (AvgIpc) is 2.88. The van der Waals surface area contributed by atoms with Gasteiger partial charge >= 0.3 is 0 Å². The van der Waals surface area contributed by atoms with E-state index in [2.05, 4.69) is 32.3 Å². The molecule has 0 saturated carbocycles. The molecule has 0 amide bonds. The molecule has 1 N–H and O–H groups in total. The van der Waals surface area contributed by atoms with Gasteiger partial charge in [0, 0.05) is 30.8 Å². The molecule has 0 aromatic carbocycles. The second-order valence-corrected chi connectivity index (χ2v) is 7.11. The van der Waals surface area contributed by atoms with E-state index in [1.54, 1.807) is 18.4 Å². The van der Waals surface area contributed by atoms with Crippen molar-refractivity contribution in [2.75, 3.05) is 20.3 Å². The third-order valence-electron chi connectivity index (χ3n) is 2.85. The van der Waals surface area contributed by atoms with Crippen LogP contribution in [0.1, 0.15) is 16.3 Å². The predicted molar refractivity (Wildman–Crippen MR) is 88.9 cm³/mol. The Morgan fingerprint density at radius 2 is 2.14 bits per heavy atom. The summed E-state index contributed by atoms with van der Waals surface area (Å²) in [4.78, 5) is 5.74. The number of ether oxygens (including phenoxy) is 2. The van der Waals surface area contributed by atoms with Gasteiger partial charge in [-0.3, -0.25) is 4.98 Å². The number of nitrogens with zero attached hydrogens (tertiary/aromatic N) is 1. The number of aryl methyl sites for hydroxylation is 1. The Morgan fingerprint density at radius 1 is 1.29 bits per heavy atom. The van der Waals surface area contributed by atoms with Gasteiger partial charge in [-0.25, -0.2) is 0 Å². The van der Waals surface area contributed by atoms with Crippen molar-refractivity contribution in [1.29, 1.82) is 0 Å². The zero-order valence-electron chi connectivity index (χ0n) is 12.2. The highest BCUT2D eigenvalue weighted by molar-refractivity contribution is 9.11. The van der Waals surface area contributed by atoms with Crippen molar-refractivity contribution in [2.24, 2.45) is 0 Å². The van der Waals surface area contributed by atoms with Crippen LogP contribution in [0.3, 0.4) is 0 Å². The molecule has 0 unspecified atom stereocenters. The van der Waals surface area contributed by atoms with Crippen LogP contribution in [-0.4, -0.2) is 25.2 Å². The normalized spacial score (nSPS) is 10.8. The Hall–Kier alpha value is -0.950. The van der Waals surface area contributed by atoms with Gasteiger partial charge in [0.25, 0.3) is 0 Å². The average molecular weight is 371 g/mol. The standard InChI is InChI=1S/C15H19BrN2O2S/c1-11-3-5-14(13(18-11)9-17-7-8-19-2)20-10-12-4-6-15(16)21-12/h3-6,17H,7-10H2,1-2H3. The van der Waals surface area contributed by atoms with Gasteiger partial charge in [-0.15, -0.1) is 11.3 Å². The smallest absolute Gasteiger partial charge is 0.142 e. The first-order chi connectivity index (χ1) is 10.2. The minimum atomic E-state index is 0.562. The lowest BCUT2D eigenvalue weighted by Crippen LogP contribution is -2.20. The number of thiophene rings is 1. The lowest BCUT2D eigenvalue weighted by Gasteiger charge is -2.11. The molecule has 0 atom stereocenters. The van der Waals surface area contributed by atoms with Crippen LogP contribution in [-0.2, 0) is 17.9 Å². The summed E-state index contributed by atoms with van der Waals surface area (Å²) in [6, 6.07) is 8.05. The third-order valence-corrected chi connectivity index (χ3v) is 4.44. The maximum Gasteiger partial charge on any atom is 0.142 e. The number of nitrogens with one attached hydrogen (secondary N) is 1. The number of methoxy groups -OCH3 is 1. The van der Waals surface area contributed by atoms with Crippen LogP contribution in [0.25, 0.3) is 0 Å². The minimum absolute atomic E-state index is 0.562. The lowest BCUT2D eigenvalue weighted by atomic mass is 10.3. The van der Waals surface area contributed by atoms with Crippen molar-refractivity contribution >= 4 is 27.3 Å². The van der Waals surface area contributed by atoms with E-state index < -0.39 is 0 Å². The molecule has 4 nitrogen and oxygen atoms in total. The maximum atomic E-state index is 5.90. The number of pyridine rings is 1. The summed E-state index contributed by atoms with van der Waals surface area (Å²) < 4.78 is 12.0. The van der Waals surface area contributed by atoms with E-state index in [9.17, 15) is 0 Å². The molecular weight excluding hydrogens is 352 g/mol. The predicted octanol–water partition coefficient (Wildman–Crippen LogP) is 3.53. The monoisotopic (exact) mass is 370 g/mol. The summed E-state index contributed by atoms with van der Waals surface area (Å²) in [7, 11) is 1.69. The topological polar surface area (TPSA) is 43.4 Å². The zero-order valence-corrected chi connectivity index (χ0v) is 14.6. The number of hydrogen-bond acceptors (Lipinski definition) is 5. The SMILES string of the molecule is COCCNCc1nc(C)ccc1OCc1ccc(Br)s1. The summed E-state index contributed by atoms with van der Waals surface area (Å²) >= 11 is 5.14. The summed E-state index contributed by atoms with van der Waals surface area (Å²) in [5.41, 5.74) is 1.92. The molecule has 2 aromatic heterocycles. The first-order valence-electron chi connectivity index (χ1n) is 6.72. The van der Waals surface area contributed by atoms with E-state index in [0.29, 0.717) is 19.8 Å². The molecule has 0 saturated heterocycles. The third kappa shape index (κ3) is 5.39. The molecule has 0 bridgehead atoms. The highest BCUT2D eigenvalue weighted by Crippen LogP contribution is 2.24. The molecule has 21 heavy (non-hydrogen) atoms. The van der Waals surface area contributed by atoms with Gasteiger partial charge < -0.3 is 14.8 Å². The Bertz CT molecular complexity index is 575. The van der Waals surface area contributed by atoms with E-state index in [0.717, 1.165) is 27.5 Å². The van der Waals surface area contributed by atoms with Crippen molar-refractivity contribution in [1.82, 2.24) is 10.3 Å². The number of halogens is 1. The Balaban J connectivity index is 1.97. The molecule has 0 fully saturated rings. The van der Waals surface area contributed by atoms with E-state index in [-0.39, 0.29) is 0 Å². The summed E-state index contributed by atoms with van der Waals surface area (Å²) in [6.45, 7) is 4.70. The fourth-order valence-electron chi connectivity index (χ4n) is 1.82. The Morgan fingerprint density at radius 3 is 2.86 bits per heavy atom. The molecule has 0 spiro atoms. The molecular formula is C15H19BrN2O2S. The fraction of sp³-hybridized carbons (Fsp3) is 0.400. The fourth-order valence-corrected chi connectivity index (χ4v) is 3.21. The van der Waals surface area contributed by atoms with E-state index in [4.69, 9.17) is 9.47 Å². The van der Waals surface area contributed by atoms with Crippen LogP contribution in [0, 0.1) is 6.92 Å². The van der Waals surface area contributed by atoms with Gasteiger partial charge in [0.05, 0.1) is 16.1 Å².